The summed E-state index contributed by atoms with van der Waals surface area (Å²) in [6, 6.07) is 23.8. The van der Waals surface area contributed by atoms with Crippen molar-refractivity contribution in [2.75, 3.05) is 13.2 Å². The van der Waals surface area contributed by atoms with E-state index in [4.69, 9.17) is 16.3 Å². The minimum absolute atomic E-state index is 0.181. The van der Waals surface area contributed by atoms with Crippen molar-refractivity contribution < 1.29 is 14.3 Å². The first kappa shape index (κ1) is 24.3. The fourth-order valence-electron chi connectivity index (χ4n) is 3.60. The van der Waals surface area contributed by atoms with Gasteiger partial charge in [-0.25, -0.2) is 0 Å². The highest BCUT2D eigenvalue weighted by molar-refractivity contribution is 6.31. The number of rotatable bonds is 10. The summed E-state index contributed by atoms with van der Waals surface area (Å²) >= 11 is 6.40. The number of amides is 2. The van der Waals surface area contributed by atoms with E-state index in [9.17, 15) is 9.59 Å². The molecule has 172 valence electrons. The maximum absolute atomic E-state index is 13.5. The Bertz CT molecular complexity index is 1070. The van der Waals surface area contributed by atoms with Crippen LogP contribution in [0, 0.1) is 6.92 Å². The smallest absolute Gasteiger partial charge is 0.261 e. The van der Waals surface area contributed by atoms with Gasteiger partial charge in [0.15, 0.2) is 6.61 Å². The minimum atomic E-state index is -0.711. The van der Waals surface area contributed by atoms with Crippen LogP contribution in [0.15, 0.2) is 78.9 Å². The van der Waals surface area contributed by atoms with Gasteiger partial charge in [0.25, 0.3) is 5.91 Å². The molecule has 0 heterocycles. The largest absolute Gasteiger partial charge is 0.484 e. The van der Waals surface area contributed by atoms with Crippen molar-refractivity contribution in [2.24, 2.45) is 0 Å². The number of para-hydroxylation sites is 1. The Balaban J connectivity index is 1.91. The SMILES string of the molecule is CCNC(=O)C(Cc1ccccc1)N(Cc1ccccc1Cl)C(=O)COc1ccccc1C. The lowest BCUT2D eigenvalue weighted by Gasteiger charge is -2.31. The number of halogens is 1. The first-order chi connectivity index (χ1) is 16.0. The van der Waals surface area contributed by atoms with E-state index in [1.807, 2.05) is 86.6 Å². The molecule has 0 saturated carbocycles. The van der Waals surface area contributed by atoms with E-state index in [1.165, 1.54) is 0 Å². The molecule has 3 rings (SSSR count). The molecule has 2 amide bonds. The molecule has 0 aliphatic carbocycles. The van der Waals surface area contributed by atoms with Gasteiger partial charge in [0.1, 0.15) is 11.8 Å². The summed E-state index contributed by atoms with van der Waals surface area (Å²) < 4.78 is 5.83. The van der Waals surface area contributed by atoms with Crippen LogP contribution in [0.5, 0.6) is 5.75 Å². The van der Waals surface area contributed by atoms with Gasteiger partial charge in [-0.2, -0.15) is 0 Å². The van der Waals surface area contributed by atoms with E-state index in [0.29, 0.717) is 23.7 Å². The Morgan fingerprint density at radius 1 is 0.970 bits per heavy atom. The van der Waals surface area contributed by atoms with E-state index >= 15 is 0 Å². The fraction of sp³-hybridized carbons (Fsp3) is 0.259. The van der Waals surface area contributed by atoms with E-state index in [-0.39, 0.29) is 25.0 Å². The second kappa shape index (κ2) is 12.1. The van der Waals surface area contributed by atoms with Crippen LogP contribution in [0.2, 0.25) is 5.02 Å². The second-order valence-corrected chi connectivity index (χ2v) is 8.17. The molecule has 3 aromatic carbocycles. The predicted octanol–water partition coefficient (Wildman–Crippen LogP) is 4.80. The normalized spacial score (nSPS) is 11.5. The summed E-state index contributed by atoms with van der Waals surface area (Å²) in [4.78, 5) is 28.1. The summed E-state index contributed by atoms with van der Waals surface area (Å²) in [5.41, 5.74) is 2.67. The van der Waals surface area contributed by atoms with Crippen LogP contribution in [-0.2, 0) is 22.6 Å². The molecule has 0 aromatic heterocycles. The Morgan fingerprint density at radius 3 is 2.33 bits per heavy atom. The van der Waals surface area contributed by atoms with Crippen LogP contribution < -0.4 is 10.1 Å². The van der Waals surface area contributed by atoms with E-state index in [2.05, 4.69) is 5.32 Å². The average Bonchev–Trinajstić information content (AvgIpc) is 2.82. The first-order valence-electron chi connectivity index (χ1n) is 11.0. The van der Waals surface area contributed by atoms with Crippen molar-refractivity contribution in [3.63, 3.8) is 0 Å². The maximum Gasteiger partial charge on any atom is 0.261 e. The number of carbonyl (C=O) groups excluding carboxylic acids is 2. The third-order valence-corrected chi connectivity index (χ3v) is 5.73. The van der Waals surface area contributed by atoms with E-state index in [0.717, 1.165) is 16.7 Å². The molecule has 0 aliphatic heterocycles. The van der Waals surface area contributed by atoms with Crippen LogP contribution in [0.4, 0.5) is 0 Å². The van der Waals surface area contributed by atoms with Crippen molar-refractivity contribution in [3.8, 4) is 5.75 Å². The molecule has 0 fully saturated rings. The van der Waals surface area contributed by atoms with Crippen molar-refractivity contribution in [3.05, 3.63) is 101 Å². The number of carbonyl (C=O) groups is 2. The summed E-state index contributed by atoms with van der Waals surface area (Å²) in [5.74, 6) is 0.143. The number of benzene rings is 3. The van der Waals surface area contributed by atoms with Crippen molar-refractivity contribution in [1.82, 2.24) is 10.2 Å². The number of hydrogen-bond acceptors (Lipinski definition) is 3. The molecule has 0 spiro atoms. The lowest BCUT2D eigenvalue weighted by atomic mass is 10.0. The van der Waals surface area contributed by atoms with Crippen LogP contribution in [0.3, 0.4) is 0 Å². The van der Waals surface area contributed by atoms with Crippen LogP contribution in [-0.4, -0.2) is 35.9 Å². The molecule has 3 aromatic rings. The van der Waals surface area contributed by atoms with Crippen molar-refractivity contribution in [2.45, 2.75) is 32.9 Å². The number of ether oxygens (including phenoxy) is 1. The zero-order valence-electron chi connectivity index (χ0n) is 19.0. The molecule has 0 saturated heterocycles. The van der Waals surface area contributed by atoms with Gasteiger partial charge >= 0.3 is 0 Å². The molecule has 0 radical (unpaired) electrons. The third kappa shape index (κ3) is 6.83. The van der Waals surface area contributed by atoms with Crippen LogP contribution in [0.25, 0.3) is 0 Å². The summed E-state index contributed by atoms with van der Waals surface area (Å²) in [5, 5.41) is 3.42. The number of hydrogen-bond donors (Lipinski definition) is 1. The highest BCUT2D eigenvalue weighted by Gasteiger charge is 2.30. The highest BCUT2D eigenvalue weighted by Crippen LogP contribution is 2.21. The van der Waals surface area contributed by atoms with Gasteiger partial charge in [-0.1, -0.05) is 78.3 Å². The van der Waals surface area contributed by atoms with Gasteiger partial charge in [-0.3, -0.25) is 9.59 Å². The lowest BCUT2D eigenvalue weighted by molar-refractivity contribution is -0.142. The summed E-state index contributed by atoms with van der Waals surface area (Å²) in [6.07, 6.45) is 0.382. The molecule has 0 bridgehead atoms. The summed E-state index contributed by atoms with van der Waals surface area (Å²) in [6.45, 7) is 4.27. The molecule has 33 heavy (non-hydrogen) atoms. The zero-order chi connectivity index (χ0) is 23.6. The molecule has 5 nitrogen and oxygen atoms in total. The van der Waals surface area contributed by atoms with Gasteiger partial charge in [0.2, 0.25) is 5.91 Å². The topological polar surface area (TPSA) is 58.6 Å². The molecular weight excluding hydrogens is 436 g/mol. The maximum atomic E-state index is 13.5. The van der Waals surface area contributed by atoms with Gasteiger partial charge < -0.3 is 15.0 Å². The van der Waals surface area contributed by atoms with E-state index < -0.39 is 6.04 Å². The van der Waals surface area contributed by atoms with Gasteiger partial charge in [0.05, 0.1) is 0 Å². The second-order valence-electron chi connectivity index (χ2n) is 7.77. The molecular formula is C27H29ClN2O3. The van der Waals surface area contributed by atoms with Gasteiger partial charge in [-0.15, -0.1) is 0 Å². The summed E-state index contributed by atoms with van der Waals surface area (Å²) in [7, 11) is 0. The molecule has 6 heteroatoms. The quantitative estimate of drug-likeness (QED) is 0.468. The van der Waals surface area contributed by atoms with Crippen LogP contribution in [0.1, 0.15) is 23.6 Å². The van der Waals surface area contributed by atoms with Crippen molar-refractivity contribution >= 4 is 23.4 Å². The Labute approximate surface area is 200 Å². The Morgan fingerprint density at radius 2 is 1.64 bits per heavy atom. The van der Waals surface area contributed by atoms with E-state index in [1.54, 1.807) is 11.0 Å². The fourth-order valence-corrected chi connectivity index (χ4v) is 3.79. The number of nitrogens with zero attached hydrogens (tertiary/aromatic N) is 1. The molecule has 0 aliphatic rings. The third-order valence-electron chi connectivity index (χ3n) is 5.37. The molecule has 1 unspecified atom stereocenters. The number of aryl methyl sites for hydroxylation is 1. The average molecular weight is 465 g/mol. The minimum Gasteiger partial charge on any atom is -0.484 e. The highest BCUT2D eigenvalue weighted by atomic mass is 35.5. The molecule has 1 atom stereocenters. The van der Waals surface area contributed by atoms with Gasteiger partial charge in [-0.05, 0) is 42.7 Å². The Hall–Kier alpha value is -3.31. The van der Waals surface area contributed by atoms with Gasteiger partial charge in [0, 0.05) is 24.5 Å². The first-order valence-corrected chi connectivity index (χ1v) is 11.4. The Kier molecular flexibility index (Phi) is 8.90. The van der Waals surface area contributed by atoms with Crippen molar-refractivity contribution in [1.29, 1.82) is 0 Å². The van der Waals surface area contributed by atoms with Crippen LogP contribution >= 0.6 is 11.6 Å². The lowest BCUT2D eigenvalue weighted by Crippen LogP contribution is -2.51. The number of nitrogens with one attached hydrogen (secondary N) is 1. The number of likely N-dealkylation sites (N-methyl/N-ethyl adjacent to an activating group) is 1. The zero-order valence-corrected chi connectivity index (χ0v) is 19.7. The monoisotopic (exact) mass is 464 g/mol. The standard InChI is InChI=1S/C27H29ClN2O3/c1-3-29-27(32)24(17-21-12-5-4-6-13-21)30(18-22-14-8-9-15-23(22)28)26(31)19-33-25-16-10-7-11-20(25)2/h4-16,24H,3,17-19H2,1-2H3,(H,29,32). The predicted molar refractivity (Wildman–Crippen MR) is 131 cm³/mol. The molecule has 1 N–H and O–H groups in total.